The van der Waals surface area contributed by atoms with Crippen LogP contribution in [-0.4, -0.2) is 58.9 Å². The van der Waals surface area contributed by atoms with Crippen LogP contribution in [0.3, 0.4) is 0 Å². The monoisotopic (exact) mass is 945 g/mol. The minimum absolute atomic E-state index is 0. The van der Waals surface area contributed by atoms with E-state index in [-0.39, 0.29) is 93.9 Å². The van der Waals surface area contributed by atoms with Gasteiger partial charge in [0.2, 0.25) is 0 Å². The fourth-order valence-electron chi connectivity index (χ4n) is 11.4. The molecule has 8 aliphatic rings. The van der Waals surface area contributed by atoms with Crippen molar-refractivity contribution in [1.82, 2.24) is 0 Å². The third kappa shape index (κ3) is 14.0. The molecule has 5 atom stereocenters. The zero-order valence-corrected chi connectivity index (χ0v) is 45.2. The van der Waals surface area contributed by atoms with Gasteiger partial charge in [0.1, 0.15) is 29.0 Å². The highest BCUT2D eigenvalue weighted by molar-refractivity contribution is 5.79. The number of carbonyl (C=O) groups excluding carboxylic acids is 5. The Balaban J connectivity index is 0.000000241. The van der Waals surface area contributed by atoms with E-state index in [9.17, 15) is 24.0 Å². The summed E-state index contributed by atoms with van der Waals surface area (Å²) in [5, 5.41) is 0. The molecule has 7 aliphatic carbocycles. The normalized spacial score (nSPS) is 30.1. The predicted molar refractivity (Wildman–Crippen MR) is 267 cm³/mol. The van der Waals surface area contributed by atoms with Crippen LogP contribution in [0, 0.1) is 62.6 Å². The first-order chi connectivity index (χ1) is 30.2. The molecule has 0 N–H and O–H groups in total. The van der Waals surface area contributed by atoms with Crippen molar-refractivity contribution < 1.29 is 47.7 Å². The van der Waals surface area contributed by atoms with Gasteiger partial charge < -0.3 is 23.7 Å². The standard InChI is InChI=1S/C19H32O2.C14H20O4.C13H24O2.C10H20O2.CH4/c1-6-17(2,3)16(20)21-18(4,5)19-10-13-7-14(11-19)9-15(8-13)12-19;1-4-14(2,3)13(16)18-10-7-5-8-9(6-7)12(15)17-11(8)10;1-5-12(2,3)11(14)15-13(4)9-7-6-8-10-13;1-7-10(5,6)8(11)12-9(2,3)4;/h13-15H,6-12H2,1-5H3;7-11H,4-6H2,1-3H3;5-10H2,1-4H3;7H2,1-6H3;1H4. The maximum absolute atomic E-state index is 12.6. The fraction of sp³-hybridized carbons (Fsp3) is 0.912. The lowest BCUT2D eigenvalue weighted by Gasteiger charge is -2.61. The van der Waals surface area contributed by atoms with Crippen LogP contribution in [-0.2, 0) is 47.7 Å². The Morgan fingerprint density at radius 2 is 1.00 bits per heavy atom. The molecular formula is C57H100O10. The molecule has 388 valence electrons. The average Bonchev–Trinajstić information content (AvgIpc) is 3.86. The molecule has 8 fully saturated rings. The zero-order valence-electron chi connectivity index (χ0n) is 45.2. The Hall–Kier alpha value is -2.65. The van der Waals surface area contributed by atoms with Gasteiger partial charge in [-0.15, -0.1) is 0 Å². The average molecular weight is 945 g/mol. The molecule has 10 heteroatoms. The molecule has 10 nitrogen and oxygen atoms in total. The van der Waals surface area contributed by atoms with Crippen molar-refractivity contribution in [3.8, 4) is 0 Å². The SMILES string of the molecule is C.CCC(C)(C)C(=O)OC(C)(C)C.CCC(C)(C)C(=O)OC(C)(C)C12CC3CC(CC(C3)C1)C2.CCC(C)(C)C(=O)OC1(C)CCCCC1.CCC(C)(C)C(=O)OC1C2CC3C(=O)OC1C3C2. The highest BCUT2D eigenvalue weighted by atomic mass is 16.6. The van der Waals surface area contributed by atoms with E-state index in [4.69, 9.17) is 23.7 Å². The summed E-state index contributed by atoms with van der Waals surface area (Å²) in [7, 11) is 0. The van der Waals surface area contributed by atoms with Crippen molar-refractivity contribution in [2.24, 2.45) is 62.6 Å². The van der Waals surface area contributed by atoms with E-state index in [2.05, 4.69) is 27.7 Å². The number of esters is 5. The minimum atomic E-state index is -0.455. The van der Waals surface area contributed by atoms with Gasteiger partial charge in [-0.1, -0.05) is 41.5 Å². The molecule has 0 aromatic rings. The van der Waals surface area contributed by atoms with Gasteiger partial charge in [0.25, 0.3) is 0 Å². The molecule has 5 unspecified atom stereocenters. The molecule has 0 aromatic carbocycles. The van der Waals surface area contributed by atoms with E-state index in [1.54, 1.807) is 0 Å². The van der Waals surface area contributed by atoms with E-state index < -0.39 is 5.41 Å². The molecular weight excluding hydrogens is 845 g/mol. The van der Waals surface area contributed by atoms with Crippen molar-refractivity contribution in [2.45, 2.75) is 270 Å². The van der Waals surface area contributed by atoms with Crippen molar-refractivity contribution >= 4 is 29.8 Å². The second-order valence-corrected chi connectivity index (χ2v) is 26.2. The molecule has 6 bridgehead atoms. The number of hydrogen-bond acceptors (Lipinski definition) is 10. The molecule has 1 heterocycles. The summed E-state index contributed by atoms with van der Waals surface area (Å²) in [5.41, 5.74) is -2.13. The molecule has 1 saturated heterocycles. The van der Waals surface area contributed by atoms with Gasteiger partial charge in [-0.25, -0.2) is 0 Å². The van der Waals surface area contributed by atoms with Gasteiger partial charge in [0.15, 0.2) is 0 Å². The van der Waals surface area contributed by atoms with Crippen molar-refractivity contribution in [1.29, 1.82) is 0 Å². The lowest BCUT2D eigenvalue weighted by atomic mass is 9.46. The first-order valence-corrected chi connectivity index (χ1v) is 26.3. The molecule has 7 saturated carbocycles. The van der Waals surface area contributed by atoms with Gasteiger partial charge in [0, 0.05) is 17.3 Å². The fourth-order valence-corrected chi connectivity index (χ4v) is 11.4. The lowest BCUT2D eigenvalue weighted by molar-refractivity contribution is -0.206. The van der Waals surface area contributed by atoms with Gasteiger partial charge in [-0.3, -0.25) is 24.0 Å². The van der Waals surface area contributed by atoms with E-state index in [1.807, 2.05) is 96.9 Å². The topological polar surface area (TPSA) is 132 Å². The number of carbonyl (C=O) groups is 5. The summed E-state index contributed by atoms with van der Waals surface area (Å²) in [4.78, 5) is 59.8. The summed E-state index contributed by atoms with van der Waals surface area (Å²) >= 11 is 0. The highest BCUT2D eigenvalue weighted by Crippen LogP contribution is 2.64. The van der Waals surface area contributed by atoms with E-state index >= 15 is 0 Å². The van der Waals surface area contributed by atoms with E-state index in [0.717, 1.165) is 69.1 Å². The summed E-state index contributed by atoms with van der Waals surface area (Å²) in [6.07, 6.45) is 18.5. The molecule has 0 amide bonds. The lowest BCUT2D eigenvalue weighted by Crippen LogP contribution is -2.58. The second-order valence-electron chi connectivity index (χ2n) is 26.2. The van der Waals surface area contributed by atoms with Crippen LogP contribution in [0.25, 0.3) is 0 Å². The van der Waals surface area contributed by atoms with Crippen LogP contribution in [0.4, 0.5) is 0 Å². The number of rotatable bonds is 12. The number of fused-ring (bicyclic) bond motifs is 1. The smallest absolute Gasteiger partial charge is 0.312 e. The van der Waals surface area contributed by atoms with Crippen molar-refractivity contribution in [3.05, 3.63) is 0 Å². The van der Waals surface area contributed by atoms with E-state index in [0.29, 0.717) is 11.8 Å². The van der Waals surface area contributed by atoms with E-state index in [1.165, 1.54) is 57.8 Å². The van der Waals surface area contributed by atoms with Crippen LogP contribution in [0.2, 0.25) is 0 Å². The molecule has 0 spiro atoms. The van der Waals surface area contributed by atoms with Gasteiger partial charge in [0.05, 0.1) is 27.6 Å². The summed E-state index contributed by atoms with van der Waals surface area (Å²) in [5.74, 6) is 2.99. The number of ether oxygens (including phenoxy) is 5. The second kappa shape index (κ2) is 21.8. The molecule has 0 aromatic heterocycles. The maximum Gasteiger partial charge on any atom is 0.312 e. The third-order valence-electron chi connectivity index (χ3n) is 17.7. The Morgan fingerprint density at radius 1 is 0.582 bits per heavy atom. The Kier molecular flexibility index (Phi) is 19.1. The third-order valence-corrected chi connectivity index (χ3v) is 17.7. The Bertz CT molecular complexity index is 1670. The highest BCUT2D eigenvalue weighted by Gasteiger charge is 2.64. The maximum atomic E-state index is 12.6. The predicted octanol–water partition coefficient (Wildman–Crippen LogP) is 14.0. The van der Waals surface area contributed by atoms with Crippen LogP contribution in [0.5, 0.6) is 0 Å². The van der Waals surface area contributed by atoms with Crippen molar-refractivity contribution in [3.63, 3.8) is 0 Å². The zero-order chi connectivity index (χ0) is 50.1. The van der Waals surface area contributed by atoms with Gasteiger partial charge in [-0.05, 0) is 217 Å². The number of hydrogen-bond donors (Lipinski definition) is 0. The Labute approximate surface area is 409 Å². The molecule has 67 heavy (non-hydrogen) atoms. The van der Waals surface area contributed by atoms with Crippen LogP contribution in [0.15, 0.2) is 0 Å². The largest absolute Gasteiger partial charge is 0.460 e. The van der Waals surface area contributed by atoms with Gasteiger partial charge in [-0.2, -0.15) is 0 Å². The summed E-state index contributed by atoms with van der Waals surface area (Å²) in [6.45, 7) is 35.7. The van der Waals surface area contributed by atoms with Crippen LogP contribution >= 0.6 is 0 Å². The summed E-state index contributed by atoms with van der Waals surface area (Å²) < 4.78 is 28.1. The van der Waals surface area contributed by atoms with Crippen molar-refractivity contribution in [2.75, 3.05) is 0 Å². The molecule has 1 aliphatic heterocycles. The minimum Gasteiger partial charge on any atom is -0.460 e. The Morgan fingerprint density at radius 3 is 1.43 bits per heavy atom. The quantitative estimate of drug-likeness (QED) is 0.138. The van der Waals surface area contributed by atoms with Crippen LogP contribution < -0.4 is 0 Å². The van der Waals surface area contributed by atoms with Gasteiger partial charge >= 0.3 is 29.8 Å². The molecule has 0 radical (unpaired) electrons. The summed E-state index contributed by atoms with van der Waals surface area (Å²) in [6, 6.07) is 0. The first kappa shape index (κ1) is 58.7. The first-order valence-electron chi connectivity index (χ1n) is 26.3. The molecule has 8 rings (SSSR count). The van der Waals surface area contributed by atoms with Crippen LogP contribution in [0.1, 0.15) is 241 Å².